The van der Waals surface area contributed by atoms with Crippen LogP contribution in [0.2, 0.25) is 0 Å². The molecule has 0 spiro atoms. The van der Waals surface area contributed by atoms with Gasteiger partial charge in [0.1, 0.15) is 5.25 Å². The first-order valence-corrected chi connectivity index (χ1v) is 10.5. The highest BCUT2D eigenvalue weighted by Crippen LogP contribution is 2.36. The van der Waals surface area contributed by atoms with Crippen molar-refractivity contribution >= 4 is 17.7 Å². The summed E-state index contributed by atoms with van der Waals surface area (Å²) in [6.45, 7) is 1.65. The number of nitrogens with zero attached hydrogens (tertiary/aromatic N) is 3. The van der Waals surface area contributed by atoms with Crippen LogP contribution in [0.4, 0.5) is 0 Å². The fourth-order valence-corrected chi connectivity index (χ4v) is 4.37. The van der Waals surface area contributed by atoms with Crippen LogP contribution < -0.4 is 0 Å². The lowest BCUT2D eigenvalue weighted by Gasteiger charge is -2.29. The summed E-state index contributed by atoms with van der Waals surface area (Å²) < 4.78 is 5.85. The second kappa shape index (κ2) is 9.06. The summed E-state index contributed by atoms with van der Waals surface area (Å²) in [7, 11) is 0. The molecule has 0 saturated carbocycles. The lowest BCUT2D eigenvalue weighted by molar-refractivity contribution is -0.131. The number of carbonyl (C=O) groups excluding carboxylic acids is 1. The zero-order valence-electron chi connectivity index (χ0n) is 15.7. The minimum atomic E-state index is -0.371. The molecule has 0 bridgehead atoms. The Morgan fingerprint density at radius 3 is 2.36 bits per heavy atom. The van der Waals surface area contributed by atoms with Crippen LogP contribution in [-0.2, 0) is 11.2 Å². The Morgan fingerprint density at radius 2 is 1.64 bits per heavy atom. The summed E-state index contributed by atoms with van der Waals surface area (Å²) in [5.74, 6) is 0.685. The van der Waals surface area contributed by atoms with E-state index in [1.807, 2.05) is 65.6 Å². The fourth-order valence-electron chi connectivity index (χ4n) is 3.40. The molecule has 1 amide bonds. The van der Waals surface area contributed by atoms with Crippen LogP contribution >= 0.6 is 11.8 Å². The molecule has 0 N–H and O–H groups in total. The molecule has 6 heteroatoms. The van der Waals surface area contributed by atoms with Crippen molar-refractivity contribution in [3.8, 4) is 0 Å². The Kier molecular flexibility index (Phi) is 6.07. The maximum Gasteiger partial charge on any atom is 0.277 e. The Morgan fingerprint density at radius 1 is 0.964 bits per heavy atom. The van der Waals surface area contributed by atoms with Gasteiger partial charge in [-0.1, -0.05) is 60.7 Å². The van der Waals surface area contributed by atoms with Crippen LogP contribution in [0.3, 0.4) is 0 Å². The van der Waals surface area contributed by atoms with Crippen molar-refractivity contribution < 1.29 is 9.21 Å². The third-order valence-corrected chi connectivity index (χ3v) is 5.94. The summed E-state index contributed by atoms with van der Waals surface area (Å²) in [5, 5.41) is 8.41. The van der Waals surface area contributed by atoms with Gasteiger partial charge in [0.05, 0.1) is 6.42 Å². The van der Waals surface area contributed by atoms with Crippen molar-refractivity contribution in [2.45, 2.75) is 36.2 Å². The molecular formula is C22H23N3O2S. The van der Waals surface area contributed by atoms with Crippen LogP contribution in [0.5, 0.6) is 0 Å². The van der Waals surface area contributed by atoms with E-state index in [-0.39, 0.29) is 11.2 Å². The molecule has 1 aromatic heterocycles. The number of benzene rings is 2. The van der Waals surface area contributed by atoms with Crippen LogP contribution in [0.1, 0.15) is 41.5 Å². The molecule has 1 atom stereocenters. The molecule has 0 radical (unpaired) electrons. The normalized spacial score (nSPS) is 15.4. The first-order chi connectivity index (χ1) is 13.8. The van der Waals surface area contributed by atoms with Crippen molar-refractivity contribution in [3.05, 3.63) is 77.7 Å². The highest BCUT2D eigenvalue weighted by atomic mass is 32.2. The van der Waals surface area contributed by atoms with E-state index in [2.05, 4.69) is 10.2 Å². The number of thioether (sulfide) groups is 1. The third-order valence-electron chi connectivity index (χ3n) is 4.86. The molecule has 1 saturated heterocycles. The maximum absolute atomic E-state index is 13.2. The average molecular weight is 394 g/mol. The lowest BCUT2D eigenvalue weighted by Crippen LogP contribution is -2.38. The summed E-state index contributed by atoms with van der Waals surface area (Å²) in [6, 6.07) is 19.9. The number of likely N-dealkylation sites (tertiary alicyclic amines) is 1. The van der Waals surface area contributed by atoms with Gasteiger partial charge in [0, 0.05) is 13.1 Å². The highest BCUT2D eigenvalue weighted by molar-refractivity contribution is 8.00. The van der Waals surface area contributed by atoms with E-state index < -0.39 is 0 Å². The predicted molar refractivity (Wildman–Crippen MR) is 109 cm³/mol. The van der Waals surface area contributed by atoms with Crippen LogP contribution in [0.25, 0.3) is 0 Å². The Labute approximate surface area is 169 Å². The van der Waals surface area contributed by atoms with Gasteiger partial charge in [0.2, 0.25) is 11.8 Å². The number of piperidine rings is 1. The molecule has 0 aliphatic carbocycles. The summed E-state index contributed by atoms with van der Waals surface area (Å²) in [4.78, 5) is 15.2. The Bertz CT molecular complexity index is 892. The van der Waals surface area contributed by atoms with E-state index in [1.165, 1.54) is 18.2 Å². The highest BCUT2D eigenvalue weighted by Gasteiger charge is 2.29. The van der Waals surface area contributed by atoms with Gasteiger partial charge in [-0.2, -0.15) is 0 Å². The fraction of sp³-hybridized carbons (Fsp3) is 0.318. The molecule has 1 fully saturated rings. The summed E-state index contributed by atoms with van der Waals surface area (Å²) in [5.41, 5.74) is 2.08. The second-order valence-electron chi connectivity index (χ2n) is 6.92. The van der Waals surface area contributed by atoms with Crippen LogP contribution in [0, 0.1) is 0 Å². The first kappa shape index (κ1) is 18.7. The number of aromatic nitrogens is 2. The van der Waals surface area contributed by atoms with E-state index in [1.54, 1.807) is 0 Å². The van der Waals surface area contributed by atoms with Gasteiger partial charge in [0.15, 0.2) is 0 Å². The van der Waals surface area contributed by atoms with E-state index >= 15 is 0 Å². The van der Waals surface area contributed by atoms with Gasteiger partial charge >= 0.3 is 0 Å². The molecule has 28 heavy (non-hydrogen) atoms. The number of hydrogen-bond donors (Lipinski definition) is 0. The number of carbonyl (C=O) groups is 1. The summed E-state index contributed by atoms with van der Waals surface area (Å²) in [6.07, 6.45) is 3.92. The van der Waals surface area contributed by atoms with Gasteiger partial charge in [-0.15, -0.1) is 10.2 Å². The number of hydrogen-bond acceptors (Lipinski definition) is 5. The largest absolute Gasteiger partial charge is 0.416 e. The minimum Gasteiger partial charge on any atom is -0.416 e. The molecule has 1 aliphatic heterocycles. The number of rotatable bonds is 6. The van der Waals surface area contributed by atoms with Crippen LogP contribution in [-0.4, -0.2) is 34.1 Å². The van der Waals surface area contributed by atoms with Crippen molar-refractivity contribution in [1.29, 1.82) is 0 Å². The molecule has 1 aliphatic rings. The van der Waals surface area contributed by atoms with Gasteiger partial charge in [-0.25, -0.2) is 0 Å². The van der Waals surface area contributed by atoms with Crippen LogP contribution in [0.15, 0.2) is 70.3 Å². The predicted octanol–water partition coefficient (Wildman–Crippen LogP) is 4.51. The second-order valence-corrected chi connectivity index (χ2v) is 7.97. The topological polar surface area (TPSA) is 59.2 Å². The molecule has 5 nitrogen and oxygen atoms in total. The first-order valence-electron chi connectivity index (χ1n) is 9.66. The van der Waals surface area contributed by atoms with Crippen molar-refractivity contribution in [3.63, 3.8) is 0 Å². The zero-order valence-corrected chi connectivity index (χ0v) is 16.5. The monoisotopic (exact) mass is 393 g/mol. The average Bonchev–Trinajstić information content (AvgIpc) is 3.20. The standard InChI is InChI=1S/C22H23N3O2S/c26-21(25-14-8-3-9-15-25)20(18-12-6-2-7-13-18)28-22-24-23-19(27-22)16-17-10-4-1-5-11-17/h1-2,4-7,10-13,20H,3,8-9,14-16H2/t20-/m0/s1. The lowest BCUT2D eigenvalue weighted by atomic mass is 10.1. The van der Waals surface area contributed by atoms with Gasteiger partial charge < -0.3 is 9.32 Å². The molecule has 3 aromatic rings. The zero-order chi connectivity index (χ0) is 19.2. The Hall–Kier alpha value is -2.60. The molecule has 144 valence electrons. The van der Waals surface area contributed by atoms with Crippen molar-refractivity contribution in [2.24, 2.45) is 0 Å². The molecular weight excluding hydrogens is 370 g/mol. The molecule has 0 unspecified atom stereocenters. The van der Waals surface area contributed by atoms with Gasteiger partial charge in [-0.3, -0.25) is 4.79 Å². The quantitative estimate of drug-likeness (QED) is 0.577. The van der Waals surface area contributed by atoms with Gasteiger partial charge in [0.25, 0.3) is 5.22 Å². The third kappa shape index (κ3) is 4.62. The Balaban J connectivity index is 1.52. The van der Waals surface area contributed by atoms with Gasteiger partial charge in [-0.05, 0) is 42.2 Å². The maximum atomic E-state index is 13.2. The van der Waals surface area contributed by atoms with E-state index in [0.717, 1.165) is 37.1 Å². The number of amides is 1. The van der Waals surface area contributed by atoms with Crippen molar-refractivity contribution in [1.82, 2.24) is 15.1 Å². The van der Waals surface area contributed by atoms with E-state index in [4.69, 9.17) is 4.42 Å². The summed E-state index contributed by atoms with van der Waals surface area (Å²) >= 11 is 1.34. The van der Waals surface area contributed by atoms with E-state index in [0.29, 0.717) is 17.5 Å². The smallest absolute Gasteiger partial charge is 0.277 e. The SMILES string of the molecule is O=C([C@@H](Sc1nnc(Cc2ccccc2)o1)c1ccccc1)N1CCCCC1. The minimum absolute atomic E-state index is 0.124. The van der Waals surface area contributed by atoms with Crippen molar-refractivity contribution in [2.75, 3.05) is 13.1 Å². The molecule has 2 heterocycles. The molecule has 4 rings (SSSR count). The molecule has 2 aromatic carbocycles. The van der Waals surface area contributed by atoms with E-state index in [9.17, 15) is 4.79 Å².